The van der Waals surface area contributed by atoms with Crippen LogP contribution in [0, 0.1) is 5.92 Å². The third-order valence-electron chi connectivity index (χ3n) is 5.38. The minimum Gasteiger partial charge on any atom is -0.378 e. The maximum absolute atomic E-state index is 12.6. The molecule has 1 amide bonds. The van der Waals surface area contributed by atoms with Crippen molar-refractivity contribution in [1.82, 2.24) is 5.32 Å². The molecule has 7 heteroatoms. The molecule has 158 valence electrons. The molecular weight excluding hydrogens is 409 g/mol. The fourth-order valence-corrected chi connectivity index (χ4v) is 3.84. The molecule has 5 nitrogen and oxygen atoms in total. The van der Waals surface area contributed by atoms with Crippen molar-refractivity contribution in [3.8, 4) is 0 Å². The van der Waals surface area contributed by atoms with E-state index in [2.05, 4.69) is 33.7 Å². The maximum Gasteiger partial charge on any atom is 0.255 e. The van der Waals surface area contributed by atoms with E-state index in [0.717, 1.165) is 57.1 Å². The zero-order valence-electron chi connectivity index (χ0n) is 16.4. The smallest absolute Gasteiger partial charge is 0.255 e. The number of rotatable bonds is 5. The highest BCUT2D eigenvalue weighted by Gasteiger charge is 2.16. The molecule has 4 rings (SSSR count). The van der Waals surface area contributed by atoms with Gasteiger partial charge in [-0.05, 0) is 73.8 Å². The SMILES string of the molecule is Cl.Cl.O=C(Nc1ccc(N2CCOCC2)cc1)c1cccc(CC2CCNC2)c1. The Morgan fingerprint density at radius 3 is 2.55 bits per heavy atom. The summed E-state index contributed by atoms with van der Waals surface area (Å²) in [5.41, 5.74) is 3.95. The second-order valence-corrected chi connectivity index (χ2v) is 7.36. The highest BCUT2D eigenvalue weighted by molar-refractivity contribution is 6.04. The Kier molecular flexibility index (Phi) is 9.24. The van der Waals surface area contributed by atoms with Crippen molar-refractivity contribution in [2.24, 2.45) is 5.92 Å². The molecule has 1 unspecified atom stereocenters. The Hall–Kier alpha value is -1.79. The Morgan fingerprint density at radius 1 is 1.10 bits per heavy atom. The van der Waals surface area contributed by atoms with E-state index in [0.29, 0.717) is 5.92 Å². The van der Waals surface area contributed by atoms with Gasteiger partial charge in [-0.1, -0.05) is 12.1 Å². The molecule has 0 aromatic heterocycles. The molecule has 1 atom stereocenters. The van der Waals surface area contributed by atoms with Crippen LogP contribution in [0.1, 0.15) is 22.3 Å². The number of nitrogens with zero attached hydrogens (tertiary/aromatic N) is 1. The summed E-state index contributed by atoms with van der Waals surface area (Å²) in [7, 11) is 0. The fraction of sp³-hybridized carbons (Fsp3) is 0.409. The zero-order valence-corrected chi connectivity index (χ0v) is 18.1. The number of hydrogen-bond donors (Lipinski definition) is 2. The molecule has 2 aromatic rings. The second-order valence-electron chi connectivity index (χ2n) is 7.36. The average molecular weight is 438 g/mol. The van der Waals surface area contributed by atoms with Gasteiger partial charge in [-0.25, -0.2) is 0 Å². The number of halogens is 2. The predicted molar refractivity (Wildman–Crippen MR) is 123 cm³/mol. The molecule has 2 aliphatic heterocycles. The van der Waals surface area contributed by atoms with Crippen molar-refractivity contribution in [3.63, 3.8) is 0 Å². The predicted octanol–water partition coefficient (Wildman–Crippen LogP) is 3.77. The van der Waals surface area contributed by atoms with Gasteiger partial charge in [0.1, 0.15) is 0 Å². The van der Waals surface area contributed by atoms with Crippen LogP contribution in [0.25, 0.3) is 0 Å². The third-order valence-corrected chi connectivity index (χ3v) is 5.38. The first-order valence-electron chi connectivity index (χ1n) is 9.82. The molecule has 0 aliphatic carbocycles. The topological polar surface area (TPSA) is 53.6 Å². The summed E-state index contributed by atoms with van der Waals surface area (Å²) in [6, 6.07) is 16.1. The molecule has 0 bridgehead atoms. The summed E-state index contributed by atoms with van der Waals surface area (Å²) in [6.45, 7) is 5.54. The van der Waals surface area contributed by atoms with Crippen molar-refractivity contribution >= 4 is 42.1 Å². The lowest BCUT2D eigenvalue weighted by molar-refractivity contribution is 0.102. The van der Waals surface area contributed by atoms with E-state index in [-0.39, 0.29) is 30.7 Å². The number of morpholine rings is 1. The molecule has 2 saturated heterocycles. The minimum absolute atomic E-state index is 0. The van der Waals surface area contributed by atoms with Crippen LogP contribution in [0.15, 0.2) is 48.5 Å². The molecule has 2 heterocycles. The number of hydrogen-bond acceptors (Lipinski definition) is 4. The van der Waals surface area contributed by atoms with Crippen molar-refractivity contribution in [1.29, 1.82) is 0 Å². The number of anilines is 2. The van der Waals surface area contributed by atoms with Gasteiger partial charge in [-0.2, -0.15) is 0 Å². The van der Waals surface area contributed by atoms with E-state index in [1.165, 1.54) is 17.7 Å². The maximum atomic E-state index is 12.6. The van der Waals surface area contributed by atoms with E-state index in [1.807, 2.05) is 30.3 Å². The fourth-order valence-electron chi connectivity index (χ4n) is 3.84. The summed E-state index contributed by atoms with van der Waals surface area (Å²) in [5, 5.41) is 6.42. The summed E-state index contributed by atoms with van der Waals surface area (Å²) in [4.78, 5) is 14.9. The van der Waals surface area contributed by atoms with Gasteiger partial charge >= 0.3 is 0 Å². The van der Waals surface area contributed by atoms with E-state index in [9.17, 15) is 4.79 Å². The third kappa shape index (κ3) is 6.34. The number of carbonyl (C=O) groups is 1. The Balaban J connectivity index is 0.00000150. The number of ether oxygens (including phenoxy) is 1. The van der Waals surface area contributed by atoms with Gasteiger partial charge in [0.2, 0.25) is 0 Å². The molecule has 2 N–H and O–H groups in total. The van der Waals surface area contributed by atoms with Gasteiger partial charge in [0.15, 0.2) is 0 Å². The van der Waals surface area contributed by atoms with Crippen LogP contribution in [0.2, 0.25) is 0 Å². The van der Waals surface area contributed by atoms with Gasteiger partial charge < -0.3 is 20.3 Å². The van der Waals surface area contributed by atoms with Crippen molar-refractivity contribution in [3.05, 3.63) is 59.7 Å². The van der Waals surface area contributed by atoms with Crippen LogP contribution < -0.4 is 15.5 Å². The van der Waals surface area contributed by atoms with Crippen molar-refractivity contribution < 1.29 is 9.53 Å². The van der Waals surface area contributed by atoms with Crippen LogP contribution >= 0.6 is 24.8 Å². The number of benzene rings is 2. The number of amides is 1. The summed E-state index contributed by atoms with van der Waals surface area (Å²) in [6.07, 6.45) is 2.24. The standard InChI is InChI=1S/C22H27N3O2.2ClH/c26-22(19-3-1-2-17(15-19)14-18-8-9-23-16-18)24-20-4-6-21(7-5-20)25-10-12-27-13-11-25;;/h1-7,15,18,23H,8-14,16H2,(H,24,26);2*1H. The van der Waals surface area contributed by atoms with Crippen LogP contribution in [-0.2, 0) is 11.2 Å². The normalized spacial score (nSPS) is 18.5. The molecule has 0 saturated carbocycles. The van der Waals surface area contributed by atoms with Crippen LogP contribution in [0.3, 0.4) is 0 Å². The average Bonchev–Trinajstić information content (AvgIpc) is 3.22. The van der Waals surface area contributed by atoms with Crippen LogP contribution in [0.4, 0.5) is 11.4 Å². The Bertz CT molecular complexity index is 774. The first kappa shape index (κ1) is 23.5. The lowest BCUT2D eigenvalue weighted by atomic mass is 9.97. The van der Waals surface area contributed by atoms with E-state index < -0.39 is 0 Å². The van der Waals surface area contributed by atoms with Gasteiger partial charge in [-0.15, -0.1) is 24.8 Å². The summed E-state index contributed by atoms with van der Waals surface area (Å²) in [5.74, 6) is 0.622. The first-order chi connectivity index (χ1) is 13.3. The van der Waals surface area contributed by atoms with E-state index in [1.54, 1.807) is 0 Å². The lowest BCUT2D eigenvalue weighted by Crippen LogP contribution is -2.36. The molecule has 29 heavy (non-hydrogen) atoms. The van der Waals surface area contributed by atoms with Crippen molar-refractivity contribution in [2.45, 2.75) is 12.8 Å². The summed E-state index contributed by atoms with van der Waals surface area (Å²) < 4.78 is 5.40. The summed E-state index contributed by atoms with van der Waals surface area (Å²) >= 11 is 0. The quantitative estimate of drug-likeness (QED) is 0.747. The lowest BCUT2D eigenvalue weighted by Gasteiger charge is -2.28. The molecule has 2 aliphatic rings. The van der Waals surface area contributed by atoms with Gasteiger partial charge in [-0.3, -0.25) is 4.79 Å². The van der Waals surface area contributed by atoms with E-state index >= 15 is 0 Å². The molecular formula is C22H29Cl2N3O2. The molecule has 0 radical (unpaired) electrons. The minimum atomic E-state index is -0.0551. The van der Waals surface area contributed by atoms with Crippen LogP contribution in [-0.4, -0.2) is 45.3 Å². The van der Waals surface area contributed by atoms with Gasteiger partial charge in [0, 0.05) is 30.0 Å². The monoisotopic (exact) mass is 437 g/mol. The van der Waals surface area contributed by atoms with E-state index in [4.69, 9.17) is 4.74 Å². The van der Waals surface area contributed by atoms with Crippen LogP contribution in [0.5, 0.6) is 0 Å². The Morgan fingerprint density at radius 2 is 1.86 bits per heavy atom. The highest BCUT2D eigenvalue weighted by atomic mass is 35.5. The molecule has 2 aromatic carbocycles. The number of nitrogens with one attached hydrogen (secondary N) is 2. The number of carbonyl (C=O) groups excluding carboxylic acids is 1. The molecule has 2 fully saturated rings. The highest BCUT2D eigenvalue weighted by Crippen LogP contribution is 2.20. The van der Waals surface area contributed by atoms with Crippen molar-refractivity contribution in [2.75, 3.05) is 49.6 Å². The Labute approximate surface area is 185 Å². The zero-order chi connectivity index (χ0) is 18.5. The molecule has 0 spiro atoms. The first-order valence-corrected chi connectivity index (χ1v) is 9.82. The largest absolute Gasteiger partial charge is 0.378 e. The second kappa shape index (κ2) is 11.4. The van der Waals surface area contributed by atoms with Gasteiger partial charge in [0.25, 0.3) is 5.91 Å². The van der Waals surface area contributed by atoms with Gasteiger partial charge in [0.05, 0.1) is 13.2 Å².